The average Bonchev–Trinajstić information content (AvgIpc) is 3.49. The van der Waals surface area contributed by atoms with Gasteiger partial charge in [-0.2, -0.15) is 22.0 Å². The van der Waals surface area contributed by atoms with Crippen molar-refractivity contribution in [3.8, 4) is 11.5 Å². The third-order valence-electron chi connectivity index (χ3n) is 4.71. The van der Waals surface area contributed by atoms with Crippen LogP contribution in [-0.4, -0.2) is 26.9 Å². The highest BCUT2D eigenvalue weighted by Crippen LogP contribution is 2.35. The zero-order valence-electron chi connectivity index (χ0n) is 20.9. The van der Waals surface area contributed by atoms with E-state index in [0.717, 1.165) is 5.38 Å². The highest BCUT2D eigenvalue weighted by molar-refractivity contribution is 7.14. The molecule has 206 valence electrons. The molecule has 4 rings (SSSR count). The summed E-state index contributed by atoms with van der Waals surface area (Å²) in [7, 11) is 0. The zero-order chi connectivity index (χ0) is 28.7. The molecule has 3 aromatic heterocycles. The molecule has 0 radical (unpaired) electrons. The fourth-order valence-electron chi connectivity index (χ4n) is 3.28. The lowest BCUT2D eigenvalue weighted by molar-refractivity contribution is -0.140. The summed E-state index contributed by atoms with van der Waals surface area (Å²) in [6.45, 7) is 6.05. The lowest BCUT2D eigenvalue weighted by Gasteiger charge is -2.14. The molecular weight excluding hydrogens is 543 g/mol. The number of imidazole rings is 1. The van der Waals surface area contributed by atoms with Crippen LogP contribution < -0.4 is 14.8 Å². The Balaban J connectivity index is 0.00000205. The zero-order valence-corrected chi connectivity index (χ0v) is 21.7. The van der Waals surface area contributed by atoms with Gasteiger partial charge >= 0.3 is 12.8 Å². The van der Waals surface area contributed by atoms with E-state index in [1.54, 1.807) is 30.5 Å². The molecule has 0 aliphatic carbocycles. The molecule has 1 N–H and O–H groups in total. The Bertz CT molecular complexity index is 1490. The second kappa shape index (κ2) is 12.5. The second-order valence-electron chi connectivity index (χ2n) is 7.45. The molecule has 0 saturated heterocycles. The van der Waals surface area contributed by atoms with E-state index in [1.807, 2.05) is 13.8 Å². The molecule has 0 unspecified atom stereocenters. The number of nitrogens with zero attached hydrogens (tertiary/aromatic N) is 3. The smallest absolute Gasteiger partial charge is 0.434 e. The Hall–Kier alpha value is -4.26. The molecule has 13 heteroatoms. The number of para-hydroxylation sites is 1. The van der Waals surface area contributed by atoms with Crippen molar-refractivity contribution in [3.05, 3.63) is 83.0 Å². The van der Waals surface area contributed by atoms with Gasteiger partial charge in [0.15, 0.2) is 22.3 Å². The van der Waals surface area contributed by atoms with Crippen molar-refractivity contribution in [2.45, 2.75) is 33.6 Å². The van der Waals surface area contributed by atoms with Crippen LogP contribution in [0, 0.1) is 0 Å². The molecule has 0 aliphatic rings. The number of hydrogen-bond acceptors (Lipinski definition) is 6. The number of anilines is 1. The summed E-state index contributed by atoms with van der Waals surface area (Å²) >= 11 is 0.627. The van der Waals surface area contributed by atoms with Crippen LogP contribution >= 0.6 is 11.3 Å². The van der Waals surface area contributed by atoms with E-state index in [2.05, 4.69) is 26.6 Å². The lowest BCUT2D eigenvalue weighted by Crippen LogP contribution is -2.16. The summed E-state index contributed by atoms with van der Waals surface area (Å²) in [4.78, 5) is 20.9. The summed E-state index contributed by atoms with van der Waals surface area (Å²) in [6.07, 6.45) is -0.175. The minimum Gasteiger partial charge on any atom is -0.458 e. The number of ether oxygens (including phenoxy) is 2. The Morgan fingerprint density at radius 3 is 2.51 bits per heavy atom. The molecule has 0 saturated carbocycles. The number of thiazole rings is 1. The summed E-state index contributed by atoms with van der Waals surface area (Å²) in [5, 5.41) is 2.92. The molecule has 1 aromatic carbocycles. The third kappa shape index (κ3) is 7.19. The molecule has 0 spiro atoms. The number of carbonyl (C=O) groups excluding carboxylic acids is 1. The number of aromatic nitrogens is 3. The van der Waals surface area contributed by atoms with Crippen LogP contribution in [0.4, 0.5) is 27.1 Å². The Morgan fingerprint density at radius 2 is 1.87 bits per heavy atom. The van der Waals surface area contributed by atoms with E-state index in [1.165, 1.54) is 35.6 Å². The normalized spacial score (nSPS) is 11.4. The van der Waals surface area contributed by atoms with Gasteiger partial charge in [-0.3, -0.25) is 14.5 Å². The van der Waals surface area contributed by atoms with Crippen molar-refractivity contribution in [2.24, 2.45) is 0 Å². The Labute approximate surface area is 224 Å². The number of pyridine rings is 1. The molecule has 7 nitrogen and oxygen atoms in total. The van der Waals surface area contributed by atoms with Crippen molar-refractivity contribution >= 4 is 40.2 Å². The number of fused-ring (bicyclic) bond motifs is 1. The number of nitrogens with one attached hydrogen (secondary N) is 1. The van der Waals surface area contributed by atoms with Crippen LogP contribution in [0.15, 0.2) is 60.3 Å². The molecular formula is C26H23F5N4O3S. The summed E-state index contributed by atoms with van der Waals surface area (Å²) in [6, 6.07) is 9.31. The van der Waals surface area contributed by atoms with E-state index in [-0.39, 0.29) is 33.8 Å². The number of allylic oxidation sites excluding steroid dienone is 1. The van der Waals surface area contributed by atoms with Gasteiger partial charge in [-0.05, 0) is 37.3 Å². The van der Waals surface area contributed by atoms with Gasteiger partial charge in [0.25, 0.3) is 5.91 Å². The number of alkyl halides is 5. The first-order valence-electron chi connectivity index (χ1n) is 11.4. The maximum atomic E-state index is 13.1. The number of carbonyl (C=O) groups is 1. The maximum Gasteiger partial charge on any atom is 0.434 e. The predicted molar refractivity (Wildman–Crippen MR) is 139 cm³/mol. The van der Waals surface area contributed by atoms with Crippen LogP contribution in [0.2, 0.25) is 0 Å². The van der Waals surface area contributed by atoms with Crippen LogP contribution in [0.5, 0.6) is 11.5 Å². The molecule has 0 bridgehead atoms. The summed E-state index contributed by atoms with van der Waals surface area (Å²) in [5.74, 6) is -0.787. The van der Waals surface area contributed by atoms with E-state index in [0.29, 0.717) is 22.5 Å². The number of benzene rings is 1. The van der Waals surface area contributed by atoms with Crippen LogP contribution in [0.25, 0.3) is 17.8 Å². The van der Waals surface area contributed by atoms with Gasteiger partial charge in [0, 0.05) is 17.1 Å². The van der Waals surface area contributed by atoms with E-state index in [4.69, 9.17) is 4.74 Å². The predicted octanol–water partition coefficient (Wildman–Crippen LogP) is 7.77. The SMILES string of the molecule is C=C(C)Oc1c(/C=C/c2nc3ccccn3c2C(=O)Nc2nc(C(F)(F)F)cs2)cccc1OC(F)F.CC. The monoisotopic (exact) mass is 566 g/mol. The topological polar surface area (TPSA) is 77.8 Å². The van der Waals surface area contributed by atoms with Crippen molar-refractivity contribution in [3.63, 3.8) is 0 Å². The maximum absolute atomic E-state index is 13.1. The minimum atomic E-state index is -4.65. The molecule has 4 aromatic rings. The first kappa shape index (κ1) is 29.3. The molecule has 39 heavy (non-hydrogen) atoms. The van der Waals surface area contributed by atoms with E-state index in [9.17, 15) is 26.7 Å². The van der Waals surface area contributed by atoms with E-state index >= 15 is 0 Å². The second-order valence-corrected chi connectivity index (χ2v) is 8.31. The quantitative estimate of drug-likeness (QED) is 0.174. The van der Waals surface area contributed by atoms with Crippen molar-refractivity contribution < 1.29 is 36.2 Å². The van der Waals surface area contributed by atoms with Crippen LogP contribution in [0.3, 0.4) is 0 Å². The fourth-order valence-corrected chi connectivity index (χ4v) is 3.99. The largest absolute Gasteiger partial charge is 0.458 e. The number of rotatable bonds is 8. The average molecular weight is 567 g/mol. The van der Waals surface area contributed by atoms with E-state index < -0.39 is 24.4 Å². The molecule has 1 amide bonds. The van der Waals surface area contributed by atoms with Gasteiger partial charge in [0.05, 0.1) is 11.5 Å². The van der Waals surface area contributed by atoms with Gasteiger partial charge in [0.1, 0.15) is 11.3 Å². The molecule has 0 fully saturated rings. The summed E-state index contributed by atoms with van der Waals surface area (Å²) < 4.78 is 76.0. The first-order valence-corrected chi connectivity index (χ1v) is 12.3. The molecule has 0 atom stereocenters. The van der Waals surface area contributed by atoms with Crippen molar-refractivity contribution in [1.29, 1.82) is 0 Å². The number of halogens is 5. The van der Waals surface area contributed by atoms with Gasteiger partial charge in [0.2, 0.25) is 0 Å². The lowest BCUT2D eigenvalue weighted by atomic mass is 10.1. The number of hydrogen-bond donors (Lipinski definition) is 1. The Kier molecular flexibility index (Phi) is 9.41. The molecule has 3 heterocycles. The highest BCUT2D eigenvalue weighted by Gasteiger charge is 2.34. The van der Waals surface area contributed by atoms with Gasteiger partial charge in [-0.1, -0.05) is 38.6 Å². The highest BCUT2D eigenvalue weighted by atomic mass is 32.1. The van der Waals surface area contributed by atoms with Gasteiger partial charge < -0.3 is 9.47 Å². The van der Waals surface area contributed by atoms with Crippen molar-refractivity contribution in [2.75, 3.05) is 5.32 Å². The van der Waals surface area contributed by atoms with Crippen LogP contribution in [0.1, 0.15) is 48.2 Å². The van der Waals surface area contributed by atoms with Crippen molar-refractivity contribution in [1.82, 2.24) is 14.4 Å². The summed E-state index contributed by atoms with van der Waals surface area (Å²) in [5.41, 5.74) is -0.257. The Morgan fingerprint density at radius 1 is 1.13 bits per heavy atom. The fraction of sp³-hybridized carbons (Fsp3) is 0.192. The standard InChI is InChI=1S/C24H17F5N4O3S.C2H6/c1-13(2)35-20-14(6-5-7-16(20)36-22(25)26)9-10-15-19(33-11-4-3-8-18(33)30-15)21(34)32-23-31-17(12-37-23)24(27,28)29;1-2/h3-12,22H,1H2,2H3,(H,31,32,34);1-2H3/b10-9+;. The number of amides is 1. The van der Waals surface area contributed by atoms with Gasteiger partial charge in [-0.25, -0.2) is 9.97 Å². The minimum absolute atomic E-state index is 0.0120. The van der Waals surface area contributed by atoms with Crippen LogP contribution in [-0.2, 0) is 6.18 Å². The third-order valence-corrected chi connectivity index (χ3v) is 5.47. The first-order chi connectivity index (χ1) is 18.5. The van der Waals surface area contributed by atoms with Gasteiger partial charge in [-0.15, -0.1) is 11.3 Å². The molecule has 0 aliphatic heterocycles.